The molecule has 0 radical (unpaired) electrons. The van der Waals surface area contributed by atoms with Crippen molar-refractivity contribution in [3.8, 4) is 0 Å². The van der Waals surface area contributed by atoms with E-state index in [1.807, 2.05) is 17.0 Å². The molecule has 0 N–H and O–H groups in total. The van der Waals surface area contributed by atoms with Crippen molar-refractivity contribution in [2.45, 2.75) is 45.1 Å². The standard InChI is InChI=1S/C19H27FN2O/c1-14(2)21-10-7-16(8-11-21)19(23)22-12-9-17(13-22)15-3-5-18(20)6-4-15/h3-6,14,16-17H,7-13H2,1-2H3/t17-/m0/s1. The molecule has 0 saturated carbocycles. The highest BCUT2D eigenvalue weighted by molar-refractivity contribution is 5.79. The summed E-state index contributed by atoms with van der Waals surface area (Å²) in [5, 5.41) is 0. The van der Waals surface area contributed by atoms with Gasteiger partial charge in [0.1, 0.15) is 5.82 Å². The van der Waals surface area contributed by atoms with Gasteiger partial charge < -0.3 is 9.80 Å². The molecule has 3 nitrogen and oxygen atoms in total. The summed E-state index contributed by atoms with van der Waals surface area (Å²) in [5.41, 5.74) is 1.15. The molecule has 126 valence electrons. The molecule has 2 saturated heterocycles. The molecule has 0 unspecified atom stereocenters. The Morgan fingerprint density at radius 1 is 1.09 bits per heavy atom. The Balaban J connectivity index is 1.54. The van der Waals surface area contributed by atoms with Gasteiger partial charge in [-0.1, -0.05) is 12.1 Å². The summed E-state index contributed by atoms with van der Waals surface area (Å²) in [5.74, 6) is 0.682. The third-order valence-corrected chi connectivity index (χ3v) is 5.45. The molecule has 0 aliphatic carbocycles. The van der Waals surface area contributed by atoms with E-state index in [1.54, 1.807) is 0 Å². The minimum atomic E-state index is -0.198. The molecule has 1 aromatic rings. The molecule has 2 aliphatic heterocycles. The first kappa shape index (κ1) is 16.4. The number of likely N-dealkylation sites (tertiary alicyclic amines) is 2. The van der Waals surface area contributed by atoms with E-state index in [0.29, 0.717) is 17.9 Å². The predicted molar refractivity (Wildman–Crippen MR) is 89.8 cm³/mol. The lowest BCUT2D eigenvalue weighted by Crippen LogP contribution is -2.43. The highest BCUT2D eigenvalue weighted by Crippen LogP contribution is 2.30. The predicted octanol–water partition coefficient (Wildman–Crippen LogP) is 3.26. The van der Waals surface area contributed by atoms with Crippen LogP contribution >= 0.6 is 0 Å². The van der Waals surface area contributed by atoms with E-state index in [0.717, 1.165) is 51.0 Å². The molecule has 1 aromatic carbocycles. The number of carbonyl (C=O) groups excluding carboxylic acids is 1. The number of piperidine rings is 1. The van der Waals surface area contributed by atoms with E-state index < -0.39 is 0 Å². The SMILES string of the molecule is CC(C)N1CCC(C(=O)N2CC[C@H](c3ccc(F)cc3)C2)CC1. The molecule has 2 heterocycles. The molecule has 1 amide bonds. The summed E-state index contributed by atoms with van der Waals surface area (Å²) in [6.07, 6.45) is 2.95. The zero-order valence-corrected chi connectivity index (χ0v) is 14.2. The van der Waals surface area contributed by atoms with Gasteiger partial charge in [-0.05, 0) is 63.9 Å². The zero-order chi connectivity index (χ0) is 16.4. The fraction of sp³-hybridized carbons (Fsp3) is 0.632. The highest BCUT2D eigenvalue weighted by Gasteiger charge is 2.33. The van der Waals surface area contributed by atoms with Crippen molar-refractivity contribution in [2.75, 3.05) is 26.2 Å². The molecular formula is C19H27FN2O. The molecule has 23 heavy (non-hydrogen) atoms. The van der Waals surface area contributed by atoms with Crippen molar-refractivity contribution < 1.29 is 9.18 Å². The van der Waals surface area contributed by atoms with Crippen molar-refractivity contribution in [3.05, 3.63) is 35.6 Å². The topological polar surface area (TPSA) is 23.6 Å². The van der Waals surface area contributed by atoms with E-state index in [9.17, 15) is 9.18 Å². The van der Waals surface area contributed by atoms with Crippen molar-refractivity contribution in [3.63, 3.8) is 0 Å². The Kier molecular flexibility index (Phi) is 5.00. The van der Waals surface area contributed by atoms with Crippen LogP contribution in [0.1, 0.15) is 44.6 Å². The third kappa shape index (κ3) is 3.74. The van der Waals surface area contributed by atoms with Crippen LogP contribution in [0.25, 0.3) is 0 Å². The van der Waals surface area contributed by atoms with E-state index >= 15 is 0 Å². The van der Waals surface area contributed by atoms with Crippen molar-refractivity contribution in [1.29, 1.82) is 0 Å². The molecular weight excluding hydrogens is 291 g/mol. The first-order valence-electron chi connectivity index (χ1n) is 8.83. The molecule has 2 aliphatic rings. The highest BCUT2D eigenvalue weighted by atomic mass is 19.1. The first-order chi connectivity index (χ1) is 11.0. The summed E-state index contributed by atoms with van der Waals surface area (Å²) in [4.78, 5) is 17.2. The quantitative estimate of drug-likeness (QED) is 0.854. The number of nitrogens with zero attached hydrogens (tertiary/aromatic N) is 2. The summed E-state index contributed by atoms with van der Waals surface area (Å²) in [6, 6.07) is 7.31. The van der Waals surface area contributed by atoms with E-state index in [1.165, 1.54) is 12.1 Å². The van der Waals surface area contributed by atoms with E-state index in [4.69, 9.17) is 0 Å². The molecule has 3 rings (SSSR count). The Hall–Kier alpha value is -1.42. The van der Waals surface area contributed by atoms with E-state index in [-0.39, 0.29) is 11.7 Å². The lowest BCUT2D eigenvalue weighted by Gasteiger charge is -2.35. The van der Waals surface area contributed by atoms with Gasteiger partial charge in [0.2, 0.25) is 5.91 Å². The van der Waals surface area contributed by atoms with Gasteiger partial charge in [0.15, 0.2) is 0 Å². The van der Waals surface area contributed by atoms with Crippen LogP contribution in [-0.2, 0) is 4.79 Å². The number of hydrogen-bond donors (Lipinski definition) is 0. The smallest absolute Gasteiger partial charge is 0.225 e. The van der Waals surface area contributed by atoms with Gasteiger partial charge in [-0.15, -0.1) is 0 Å². The fourth-order valence-corrected chi connectivity index (χ4v) is 3.89. The van der Waals surface area contributed by atoms with Crippen LogP contribution in [-0.4, -0.2) is 47.9 Å². The maximum atomic E-state index is 13.0. The summed E-state index contributed by atoms with van der Waals surface area (Å²) in [7, 11) is 0. The Morgan fingerprint density at radius 2 is 1.74 bits per heavy atom. The van der Waals surface area contributed by atoms with Gasteiger partial charge in [-0.25, -0.2) is 4.39 Å². The Bertz CT molecular complexity index is 535. The second kappa shape index (κ2) is 7.00. The zero-order valence-electron chi connectivity index (χ0n) is 14.2. The van der Waals surface area contributed by atoms with Crippen LogP contribution < -0.4 is 0 Å². The third-order valence-electron chi connectivity index (χ3n) is 5.45. The van der Waals surface area contributed by atoms with Crippen LogP contribution in [0.4, 0.5) is 4.39 Å². The second-order valence-corrected chi connectivity index (χ2v) is 7.23. The number of carbonyl (C=O) groups is 1. The first-order valence-corrected chi connectivity index (χ1v) is 8.83. The van der Waals surface area contributed by atoms with Crippen LogP contribution in [0.5, 0.6) is 0 Å². The summed E-state index contributed by atoms with van der Waals surface area (Å²) < 4.78 is 13.0. The lowest BCUT2D eigenvalue weighted by molar-refractivity contribution is -0.136. The number of halogens is 1. The average Bonchev–Trinajstić information content (AvgIpc) is 3.05. The molecule has 4 heteroatoms. The van der Waals surface area contributed by atoms with Gasteiger partial charge in [0.05, 0.1) is 0 Å². The lowest BCUT2D eigenvalue weighted by atomic mass is 9.94. The van der Waals surface area contributed by atoms with E-state index in [2.05, 4.69) is 18.7 Å². The van der Waals surface area contributed by atoms with Gasteiger partial charge in [-0.3, -0.25) is 4.79 Å². The van der Waals surface area contributed by atoms with Gasteiger partial charge in [-0.2, -0.15) is 0 Å². The Labute approximate surface area is 138 Å². The van der Waals surface area contributed by atoms with Crippen LogP contribution in [0, 0.1) is 11.7 Å². The van der Waals surface area contributed by atoms with Crippen molar-refractivity contribution in [2.24, 2.45) is 5.92 Å². The number of benzene rings is 1. The fourth-order valence-electron chi connectivity index (χ4n) is 3.89. The number of amides is 1. The van der Waals surface area contributed by atoms with Crippen LogP contribution in [0.3, 0.4) is 0 Å². The van der Waals surface area contributed by atoms with Gasteiger partial charge in [0, 0.05) is 31.0 Å². The average molecular weight is 318 g/mol. The maximum Gasteiger partial charge on any atom is 0.225 e. The Morgan fingerprint density at radius 3 is 2.35 bits per heavy atom. The molecule has 0 aromatic heterocycles. The molecule has 0 spiro atoms. The van der Waals surface area contributed by atoms with Gasteiger partial charge >= 0.3 is 0 Å². The molecule has 0 bridgehead atoms. The molecule has 2 fully saturated rings. The summed E-state index contributed by atoms with van der Waals surface area (Å²) >= 11 is 0. The molecule has 1 atom stereocenters. The number of rotatable bonds is 3. The minimum Gasteiger partial charge on any atom is -0.342 e. The number of hydrogen-bond acceptors (Lipinski definition) is 2. The monoisotopic (exact) mass is 318 g/mol. The van der Waals surface area contributed by atoms with Crippen LogP contribution in [0.2, 0.25) is 0 Å². The van der Waals surface area contributed by atoms with Crippen LogP contribution in [0.15, 0.2) is 24.3 Å². The maximum absolute atomic E-state index is 13.0. The summed E-state index contributed by atoms with van der Waals surface area (Å²) in [6.45, 7) is 8.12. The van der Waals surface area contributed by atoms with Crippen molar-refractivity contribution >= 4 is 5.91 Å². The second-order valence-electron chi connectivity index (χ2n) is 7.23. The normalized spacial score (nSPS) is 23.7. The van der Waals surface area contributed by atoms with Crippen molar-refractivity contribution in [1.82, 2.24) is 9.80 Å². The largest absolute Gasteiger partial charge is 0.342 e. The minimum absolute atomic E-state index is 0.192. The van der Waals surface area contributed by atoms with Gasteiger partial charge in [0.25, 0.3) is 0 Å².